The topological polar surface area (TPSA) is 75.4 Å². The van der Waals surface area contributed by atoms with Crippen molar-refractivity contribution < 1.29 is 9.59 Å². The van der Waals surface area contributed by atoms with Crippen molar-refractivity contribution in [2.24, 2.45) is 5.73 Å². The fourth-order valence-electron chi connectivity index (χ4n) is 3.38. The summed E-state index contributed by atoms with van der Waals surface area (Å²) in [7, 11) is 1.77. The molecule has 1 aromatic rings. The van der Waals surface area contributed by atoms with Gasteiger partial charge in [-0.2, -0.15) is 0 Å². The summed E-state index contributed by atoms with van der Waals surface area (Å²) < 4.78 is 0. The molecule has 1 aromatic carbocycles. The fraction of sp³-hybridized carbons (Fsp3) is 0.429. The van der Waals surface area contributed by atoms with Crippen molar-refractivity contribution in [3.63, 3.8) is 0 Å². The van der Waals surface area contributed by atoms with Crippen LogP contribution in [-0.4, -0.2) is 32.0 Å². The molecule has 3 rings (SSSR count). The molecule has 0 saturated carbocycles. The van der Waals surface area contributed by atoms with E-state index in [1.165, 1.54) is 0 Å². The Labute approximate surface area is 111 Å². The van der Waals surface area contributed by atoms with E-state index in [0.717, 1.165) is 24.3 Å². The van der Waals surface area contributed by atoms with Gasteiger partial charge >= 0.3 is 0 Å². The Morgan fingerprint density at radius 3 is 2.68 bits per heavy atom. The van der Waals surface area contributed by atoms with E-state index in [9.17, 15) is 9.59 Å². The molecule has 100 valence electrons. The predicted octanol–water partition coefficient (Wildman–Crippen LogP) is 0.383. The second-order valence-corrected chi connectivity index (χ2v) is 5.26. The Balaban J connectivity index is 2.26. The van der Waals surface area contributed by atoms with Crippen LogP contribution in [0.1, 0.15) is 28.8 Å². The maximum atomic E-state index is 12.7. The Bertz CT molecular complexity index is 562. The molecular weight excluding hydrogens is 242 g/mol. The smallest absolute Gasteiger partial charge is 0.249 e. The van der Waals surface area contributed by atoms with Gasteiger partial charge in [-0.05, 0) is 38.1 Å². The fourth-order valence-corrected chi connectivity index (χ4v) is 3.38. The largest absolute Gasteiger partial charge is 0.366 e. The Kier molecular flexibility index (Phi) is 2.60. The zero-order valence-electron chi connectivity index (χ0n) is 10.9. The van der Waals surface area contributed by atoms with Crippen molar-refractivity contribution in [2.75, 3.05) is 25.0 Å². The van der Waals surface area contributed by atoms with Gasteiger partial charge in [0.25, 0.3) is 0 Å². The number of carbonyl (C=O) groups is 2. The van der Waals surface area contributed by atoms with Gasteiger partial charge in [0.05, 0.1) is 5.41 Å². The molecule has 1 fully saturated rings. The first-order valence-corrected chi connectivity index (χ1v) is 6.50. The minimum absolute atomic E-state index is 0.0812. The predicted molar refractivity (Wildman–Crippen MR) is 72.2 cm³/mol. The second kappa shape index (κ2) is 4.06. The van der Waals surface area contributed by atoms with Crippen LogP contribution in [-0.2, 0) is 10.2 Å². The molecule has 2 aliphatic rings. The number of hydrogen-bond donors (Lipinski definition) is 2. The molecule has 0 radical (unpaired) electrons. The number of piperidine rings is 1. The number of rotatable bonds is 1. The molecule has 2 heterocycles. The Hall–Kier alpha value is -1.88. The number of nitrogens with two attached hydrogens (primary N) is 1. The van der Waals surface area contributed by atoms with Crippen LogP contribution in [0.4, 0.5) is 5.69 Å². The van der Waals surface area contributed by atoms with Crippen LogP contribution in [0.15, 0.2) is 18.2 Å². The standard InChI is InChI=1S/C14H17N3O2/c1-17-10-4-2-3-9(12(15)18)11(10)14(13(17)19)5-7-16-8-6-14/h2-4,16H,5-8H2,1H3,(H2,15,18). The normalized spacial score (nSPS) is 20.7. The Morgan fingerprint density at radius 1 is 1.37 bits per heavy atom. The van der Waals surface area contributed by atoms with Crippen LogP contribution in [0.25, 0.3) is 0 Å². The van der Waals surface area contributed by atoms with E-state index >= 15 is 0 Å². The highest BCUT2D eigenvalue weighted by Crippen LogP contribution is 2.47. The maximum Gasteiger partial charge on any atom is 0.249 e. The van der Waals surface area contributed by atoms with Crippen molar-refractivity contribution in [2.45, 2.75) is 18.3 Å². The van der Waals surface area contributed by atoms with Crippen LogP contribution >= 0.6 is 0 Å². The van der Waals surface area contributed by atoms with Gasteiger partial charge < -0.3 is 16.0 Å². The lowest BCUT2D eigenvalue weighted by molar-refractivity contribution is -0.123. The number of fused-ring (bicyclic) bond motifs is 2. The molecule has 2 amide bonds. The van der Waals surface area contributed by atoms with Gasteiger partial charge in [0.2, 0.25) is 11.8 Å². The minimum atomic E-state index is -0.568. The monoisotopic (exact) mass is 259 g/mol. The number of primary amides is 1. The maximum absolute atomic E-state index is 12.7. The summed E-state index contributed by atoms with van der Waals surface area (Å²) in [6.07, 6.45) is 1.43. The third-order valence-electron chi connectivity index (χ3n) is 4.32. The summed E-state index contributed by atoms with van der Waals surface area (Å²) in [6.45, 7) is 1.57. The number of benzene rings is 1. The summed E-state index contributed by atoms with van der Waals surface area (Å²) in [5.41, 5.74) is 7.05. The van der Waals surface area contributed by atoms with Crippen molar-refractivity contribution in [3.05, 3.63) is 29.3 Å². The molecule has 19 heavy (non-hydrogen) atoms. The summed E-state index contributed by atoms with van der Waals surface area (Å²) in [5, 5.41) is 3.26. The van der Waals surface area contributed by atoms with E-state index in [-0.39, 0.29) is 5.91 Å². The molecule has 5 nitrogen and oxygen atoms in total. The zero-order chi connectivity index (χ0) is 13.6. The molecule has 0 unspecified atom stereocenters. The van der Waals surface area contributed by atoms with Crippen molar-refractivity contribution in [1.82, 2.24) is 5.32 Å². The first-order valence-electron chi connectivity index (χ1n) is 6.50. The van der Waals surface area contributed by atoms with Crippen LogP contribution in [0, 0.1) is 0 Å². The van der Waals surface area contributed by atoms with Crippen molar-refractivity contribution in [3.8, 4) is 0 Å². The molecule has 0 bridgehead atoms. The quantitative estimate of drug-likeness (QED) is 0.765. The molecule has 2 aliphatic heterocycles. The summed E-state index contributed by atoms with van der Waals surface area (Å²) in [5.74, 6) is -0.379. The Morgan fingerprint density at radius 2 is 2.05 bits per heavy atom. The van der Waals surface area contributed by atoms with Gasteiger partial charge in [-0.1, -0.05) is 6.07 Å². The van der Waals surface area contributed by atoms with Crippen LogP contribution in [0.5, 0.6) is 0 Å². The molecule has 1 saturated heterocycles. The second-order valence-electron chi connectivity index (χ2n) is 5.26. The highest BCUT2D eigenvalue weighted by atomic mass is 16.2. The van der Waals surface area contributed by atoms with E-state index in [1.54, 1.807) is 24.1 Å². The first kappa shape index (κ1) is 12.2. The van der Waals surface area contributed by atoms with E-state index in [4.69, 9.17) is 5.73 Å². The number of nitrogens with zero attached hydrogens (tertiary/aromatic N) is 1. The minimum Gasteiger partial charge on any atom is -0.366 e. The average molecular weight is 259 g/mol. The summed E-state index contributed by atoms with van der Waals surface area (Å²) >= 11 is 0. The van der Waals surface area contributed by atoms with E-state index in [0.29, 0.717) is 18.4 Å². The molecular formula is C14H17N3O2. The first-order chi connectivity index (χ1) is 9.08. The molecule has 0 atom stereocenters. The van der Waals surface area contributed by atoms with E-state index < -0.39 is 11.3 Å². The third kappa shape index (κ3) is 1.51. The summed E-state index contributed by atoms with van der Waals surface area (Å²) in [4.78, 5) is 26.0. The number of amides is 2. The number of anilines is 1. The molecule has 0 aliphatic carbocycles. The third-order valence-corrected chi connectivity index (χ3v) is 4.32. The average Bonchev–Trinajstić information content (AvgIpc) is 2.63. The van der Waals surface area contributed by atoms with Crippen LogP contribution in [0.2, 0.25) is 0 Å². The van der Waals surface area contributed by atoms with Gasteiger partial charge in [0.15, 0.2) is 0 Å². The molecule has 1 spiro atoms. The molecule has 5 heteroatoms. The van der Waals surface area contributed by atoms with Crippen LogP contribution in [0.3, 0.4) is 0 Å². The van der Waals surface area contributed by atoms with Gasteiger partial charge in [-0.3, -0.25) is 9.59 Å². The van der Waals surface area contributed by atoms with E-state index in [2.05, 4.69) is 5.32 Å². The zero-order valence-corrected chi connectivity index (χ0v) is 10.9. The summed E-state index contributed by atoms with van der Waals surface area (Å²) in [6, 6.07) is 5.39. The van der Waals surface area contributed by atoms with Crippen molar-refractivity contribution in [1.29, 1.82) is 0 Å². The highest BCUT2D eigenvalue weighted by Gasteiger charge is 2.51. The lowest BCUT2D eigenvalue weighted by Gasteiger charge is -2.33. The number of carbonyl (C=O) groups excluding carboxylic acids is 2. The number of hydrogen-bond acceptors (Lipinski definition) is 3. The lowest BCUT2D eigenvalue weighted by atomic mass is 9.72. The lowest BCUT2D eigenvalue weighted by Crippen LogP contribution is -2.47. The SMILES string of the molecule is CN1C(=O)C2(CCNCC2)c2c(C(N)=O)cccc21. The van der Waals surface area contributed by atoms with Gasteiger partial charge in [0, 0.05) is 23.9 Å². The van der Waals surface area contributed by atoms with Gasteiger partial charge in [-0.25, -0.2) is 0 Å². The van der Waals surface area contributed by atoms with Gasteiger partial charge in [-0.15, -0.1) is 0 Å². The van der Waals surface area contributed by atoms with E-state index in [1.807, 2.05) is 6.07 Å². The molecule has 0 aromatic heterocycles. The van der Waals surface area contributed by atoms with Crippen molar-refractivity contribution >= 4 is 17.5 Å². The van der Waals surface area contributed by atoms with Gasteiger partial charge in [0.1, 0.15) is 0 Å². The number of nitrogens with one attached hydrogen (secondary N) is 1. The van der Waals surface area contributed by atoms with Crippen LogP contribution < -0.4 is 16.0 Å². The number of likely N-dealkylation sites (N-methyl/N-ethyl adjacent to an activating group) is 1. The highest BCUT2D eigenvalue weighted by molar-refractivity contribution is 6.11. The molecule has 3 N–H and O–H groups in total.